The molecule has 4 amide bonds. The van der Waals surface area contributed by atoms with Gasteiger partial charge in [0.15, 0.2) is 0 Å². The first-order valence-corrected chi connectivity index (χ1v) is 24.1. The van der Waals surface area contributed by atoms with Crippen molar-refractivity contribution < 1.29 is 46.5 Å². The zero-order valence-corrected chi connectivity index (χ0v) is 38.4. The normalized spacial score (nSPS) is 28.7. The summed E-state index contributed by atoms with van der Waals surface area (Å²) in [6, 6.07) is 5.67. The van der Waals surface area contributed by atoms with Crippen LogP contribution in [-0.2, 0) is 40.3 Å². The van der Waals surface area contributed by atoms with Crippen LogP contribution >= 0.6 is 0 Å². The number of para-hydroxylation sites is 1. The summed E-state index contributed by atoms with van der Waals surface area (Å²) in [5, 5.41) is 10.00. The van der Waals surface area contributed by atoms with Gasteiger partial charge in [0.2, 0.25) is 27.7 Å². The molecule has 2 aliphatic heterocycles. The van der Waals surface area contributed by atoms with Crippen molar-refractivity contribution in [1.29, 1.82) is 0 Å². The fraction of sp³-hybridized carbons (Fsp3) is 0.674. The molecule has 2 bridgehead atoms. The van der Waals surface area contributed by atoms with E-state index in [1.54, 1.807) is 14.0 Å². The van der Waals surface area contributed by atoms with Crippen molar-refractivity contribution in [1.82, 2.24) is 30.6 Å². The second-order valence-electron chi connectivity index (χ2n) is 19.6. The molecular weight excluding hydrogens is 829 g/mol. The lowest BCUT2D eigenvalue weighted by molar-refractivity contribution is -0.142. The molecule has 346 valence electrons. The number of nitrogens with zero attached hydrogens (tertiary/aromatic N) is 2. The van der Waals surface area contributed by atoms with Gasteiger partial charge in [-0.2, -0.15) is 0 Å². The van der Waals surface area contributed by atoms with Crippen LogP contribution in [0.25, 0.3) is 10.9 Å². The smallest absolute Gasteiger partial charge is 0.408 e. The minimum Gasteiger partial charge on any atom is -0.492 e. The third-order valence-electron chi connectivity index (χ3n) is 13.4. The Hall–Kier alpha value is -4.48. The first-order valence-electron chi connectivity index (χ1n) is 22.6. The van der Waals surface area contributed by atoms with Crippen molar-refractivity contribution in [3.8, 4) is 11.6 Å². The number of ether oxygens (including phenoxy) is 4. The molecule has 0 spiro atoms. The van der Waals surface area contributed by atoms with Crippen LogP contribution in [0.1, 0.15) is 104 Å². The van der Waals surface area contributed by atoms with Gasteiger partial charge in [0, 0.05) is 30.9 Å². The molecule has 0 radical (unpaired) electrons. The van der Waals surface area contributed by atoms with E-state index in [1.165, 1.54) is 11.0 Å². The molecule has 3 aliphatic carbocycles. The van der Waals surface area contributed by atoms with Crippen LogP contribution in [-0.4, -0.2) is 116 Å². The summed E-state index contributed by atoms with van der Waals surface area (Å²) in [7, 11) is -2.34. The number of sulfonamides is 1. The molecule has 7 rings (SSSR count). The summed E-state index contributed by atoms with van der Waals surface area (Å²) >= 11 is 0. The highest BCUT2D eigenvalue weighted by molar-refractivity contribution is 7.91. The van der Waals surface area contributed by atoms with E-state index in [2.05, 4.69) is 34.2 Å². The molecule has 1 aromatic heterocycles. The Bertz CT molecular complexity index is 2170. The van der Waals surface area contributed by atoms with E-state index in [-0.39, 0.29) is 37.5 Å². The number of benzene rings is 1. The number of amides is 4. The van der Waals surface area contributed by atoms with E-state index < -0.39 is 73.6 Å². The van der Waals surface area contributed by atoms with Gasteiger partial charge >= 0.3 is 6.09 Å². The van der Waals surface area contributed by atoms with Crippen LogP contribution in [0.4, 0.5) is 4.79 Å². The SMILES string of the molecule is C=C[C@@H]1C[C@]1(NC(=O)[C@@H]1C[C@@H]2CN1C(=O)[C@H](C(C)(C)C)NC(=O)O[C@@H]1C[C@H]1CCCCCc1c(nc3ccccc3c1OCCCNC(C)COC)O2)C(=O)NS(=O)(=O)C1(C)CC1. The molecule has 17 heteroatoms. The molecule has 4 fully saturated rings. The molecule has 4 N–H and O–H groups in total. The van der Waals surface area contributed by atoms with E-state index >= 15 is 0 Å². The predicted molar refractivity (Wildman–Crippen MR) is 237 cm³/mol. The molecular formula is C46H66N6O10S. The summed E-state index contributed by atoms with van der Waals surface area (Å²) in [6.07, 6.45) is 6.52. The Balaban J connectivity index is 1.21. The lowest BCUT2D eigenvalue weighted by atomic mass is 9.85. The topological polar surface area (TPSA) is 204 Å². The third-order valence-corrected chi connectivity index (χ3v) is 15.5. The van der Waals surface area contributed by atoms with Crippen LogP contribution < -0.4 is 30.1 Å². The van der Waals surface area contributed by atoms with Crippen molar-refractivity contribution in [2.24, 2.45) is 17.3 Å². The number of alkyl carbamates (subject to hydrolysis) is 1. The molecule has 8 atom stereocenters. The minimum atomic E-state index is -4.02. The van der Waals surface area contributed by atoms with Crippen LogP contribution in [0.3, 0.4) is 0 Å². The second-order valence-corrected chi connectivity index (χ2v) is 21.8. The van der Waals surface area contributed by atoms with Crippen LogP contribution in [0.15, 0.2) is 36.9 Å². The van der Waals surface area contributed by atoms with Gasteiger partial charge in [0.25, 0.3) is 5.91 Å². The van der Waals surface area contributed by atoms with Gasteiger partial charge in [-0.05, 0) is 95.2 Å². The van der Waals surface area contributed by atoms with Gasteiger partial charge < -0.3 is 39.8 Å². The fourth-order valence-electron chi connectivity index (χ4n) is 8.89. The average Bonchev–Trinajstić information content (AvgIpc) is 4.19. The lowest BCUT2D eigenvalue weighted by Gasteiger charge is -2.35. The molecule has 1 aromatic carbocycles. The number of hydrogen-bond donors (Lipinski definition) is 4. The summed E-state index contributed by atoms with van der Waals surface area (Å²) in [4.78, 5) is 63.1. The standard InChI is InChI=1S/C46H66N6O10S/c1-8-30-25-46(30,42(55)51-63(57,58)45(6)19-20-45)50-39(53)35-24-31-26-52(35)41(54)38(44(3,4)5)49-43(56)62-36-23-29(36)15-10-9-11-17-33-37(60-22-14-21-47-28(2)27-59-7)32-16-12-13-18-34(32)48-40(33)61-31/h8,12-13,16,18,28-31,35-36,38,47H,1,9-11,14-15,17,19-27H2,2-7H3,(H,49,56)(H,50,53)(H,51,55)/t28?,29-,30-,31-,35+,36-,38-,46-/m1/s1. The van der Waals surface area contributed by atoms with Gasteiger partial charge in [0.1, 0.15) is 35.6 Å². The molecule has 63 heavy (non-hydrogen) atoms. The average molecular weight is 895 g/mol. The molecule has 3 heterocycles. The molecule has 16 nitrogen and oxygen atoms in total. The van der Waals surface area contributed by atoms with Gasteiger partial charge in [-0.15, -0.1) is 6.58 Å². The predicted octanol–water partition coefficient (Wildman–Crippen LogP) is 4.68. The van der Waals surface area contributed by atoms with Gasteiger partial charge in [0.05, 0.1) is 35.6 Å². The number of aromatic nitrogens is 1. The second kappa shape index (κ2) is 18.6. The van der Waals surface area contributed by atoms with E-state index in [4.69, 9.17) is 23.9 Å². The van der Waals surface area contributed by atoms with E-state index in [0.717, 1.165) is 56.0 Å². The number of hydrogen-bond acceptors (Lipinski definition) is 12. The summed E-state index contributed by atoms with van der Waals surface area (Å²) < 4.78 is 52.1. The number of nitrogens with one attached hydrogen (secondary N) is 4. The number of pyridine rings is 1. The van der Waals surface area contributed by atoms with Crippen molar-refractivity contribution in [3.63, 3.8) is 0 Å². The van der Waals surface area contributed by atoms with Crippen molar-refractivity contribution in [3.05, 3.63) is 42.5 Å². The molecule has 5 aliphatic rings. The number of methoxy groups -OCH3 is 1. The van der Waals surface area contributed by atoms with Gasteiger partial charge in [-0.3, -0.25) is 19.1 Å². The molecule has 1 unspecified atom stereocenters. The monoisotopic (exact) mass is 894 g/mol. The minimum absolute atomic E-state index is 0.0188. The summed E-state index contributed by atoms with van der Waals surface area (Å²) in [5.41, 5.74) is -0.917. The summed E-state index contributed by atoms with van der Waals surface area (Å²) in [5.74, 6) is -1.29. The van der Waals surface area contributed by atoms with E-state index in [1.807, 2.05) is 45.0 Å². The molecule has 1 saturated heterocycles. The van der Waals surface area contributed by atoms with Crippen molar-refractivity contribution in [2.45, 2.75) is 146 Å². The van der Waals surface area contributed by atoms with Crippen LogP contribution in [0.5, 0.6) is 11.6 Å². The van der Waals surface area contributed by atoms with Gasteiger partial charge in [-0.1, -0.05) is 51.8 Å². The summed E-state index contributed by atoms with van der Waals surface area (Å²) in [6.45, 7) is 14.7. The number of rotatable bonds is 14. The first-order chi connectivity index (χ1) is 29.9. The maximum absolute atomic E-state index is 14.9. The third kappa shape index (κ3) is 10.4. The Labute approximate surface area is 371 Å². The van der Waals surface area contributed by atoms with E-state index in [0.29, 0.717) is 49.6 Å². The number of carbonyl (C=O) groups is 4. The zero-order chi connectivity index (χ0) is 45.3. The Morgan fingerprint density at radius 3 is 2.59 bits per heavy atom. The fourth-order valence-corrected chi connectivity index (χ4v) is 10.2. The molecule has 3 saturated carbocycles. The van der Waals surface area contributed by atoms with Crippen LogP contribution in [0, 0.1) is 17.3 Å². The molecule has 2 aromatic rings. The highest BCUT2D eigenvalue weighted by Gasteiger charge is 2.63. The first kappa shape index (κ1) is 46.5. The van der Waals surface area contributed by atoms with Crippen molar-refractivity contribution in [2.75, 3.05) is 33.4 Å². The van der Waals surface area contributed by atoms with Gasteiger partial charge in [-0.25, -0.2) is 18.2 Å². The van der Waals surface area contributed by atoms with E-state index in [9.17, 15) is 27.6 Å². The Kier molecular flexibility index (Phi) is 13.7. The Morgan fingerprint density at radius 2 is 1.89 bits per heavy atom. The lowest BCUT2D eigenvalue weighted by Crippen LogP contribution is -2.60. The Morgan fingerprint density at radius 1 is 1.13 bits per heavy atom. The maximum atomic E-state index is 14.9. The van der Waals surface area contributed by atoms with Crippen LogP contribution in [0.2, 0.25) is 0 Å². The highest BCUT2D eigenvalue weighted by Crippen LogP contribution is 2.47. The number of fused-ring (bicyclic) bond motifs is 5. The number of carbonyl (C=O) groups excluding carboxylic acids is 4. The maximum Gasteiger partial charge on any atom is 0.408 e. The highest BCUT2D eigenvalue weighted by atomic mass is 32.2. The van der Waals surface area contributed by atoms with Crippen molar-refractivity contribution >= 4 is 44.7 Å². The zero-order valence-electron chi connectivity index (χ0n) is 37.6. The largest absolute Gasteiger partial charge is 0.492 e. The quantitative estimate of drug-likeness (QED) is 0.151.